The van der Waals surface area contributed by atoms with Crippen LogP contribution in [0, 0.1) is 0 Å². The maximum atomic E-state index is 4.61. The minimum Gasteiger partial charge on any atom is -0.369 e. The van der Waals surface area contributed by atoms with Gasteiger partial charge in [-0.2, -0.15) is 4.99 Å². The zero-order valence-corrected chi connectivity index (χ0v) is 12.5. The van der Waals surface area contributed by atoms with Gasteiger partial charge in [-0.3, -0.25) is 4.90 Å². The Hall–Kier alpha value is -1.22. The second kappa shape index (κ2) is 8.15. The van der Waals surface area contributed by atoms with Gasteiger partial charge >= 0.3 is 0 Å². The van der Waals surface area contributed by atoms with Crippen LogP contribution in [0.2, 0.25) is 0 Å². The van der Waals surface area contributed by atoms with Gasteiger partial charge in [0.1, 0.15) is 0 Å². The molecule has 0 amide bonds. The molecular weight excluding hydrogens is 266 g/mol. The van der Waals surface area contributed by atoms with Crippen molar-refractivity contribution in [3.05, 3.63) is 24.3 Å². The minimum absolute atomic E-state index is 0. The quantitative estimate of drug-likeness (QED) is 0.618. The third kappa shape index (κ3) is 4.14. The molecule has 1 saturated heterocycles. The molecule has 4 heteroatoms. The lowest BCUT2D eigenvalue weighted by atomic mass is 10.1. The van der Waals surface area contributed by atoms with Crippen molar-refractivity contribution in [2.45, 2.75) is 33.7 Å². The molecule has 110 valence electrons. The van der Waals surface area contributed by atoms with Gasteiger partial charge in [0.05, 0.1) is 10.8 Å². The van der Waals surface area contributed by atoms with Crippen LogP contribution in [0.3, 0.4) is 0 Å². The lowest BCUT2D eigenvalue weighted by Gasteiger charge is -2.39. The third-order valence-electron chi connectivity index (χ3n) is 3.92. The number of benzene rings is 1. The van der Waals surface area contributed by atoms with E-state index < -0.39 is 0 Å². The van der Waals surface area contributed by atoms with Crippen LogP contribution < -0.4 is 4.90 Å². The average molecular weight is 291 g/mol. The summed E-state index contributed by atoms with van der Waals surface area (Å²) in [5, 5.41) is 2.40. The molecule has 0 bridgehead atoms. The first-order valence-electron chi connectivity index (χ1n) is 6.91. The van der Waals surface area contributed by atoms with Gasteiger partial charge in [0, 0.05) is 37.9 Å². The summed E-state index contributed by atoms with van der Waals surface area (Å²) in [5.41, 5.74) is 2.14. The molecule has 1 aliphatic rings. The number of aliphatic imine (C=N–C) groups is 1. The number of anilines is 1. The monoisotopic (exact) mass is 291 g/mol. The van der Waals surface area contributed by atoms with Crippen molar-refractivity contribution in [1.29, 1.82) is 0 Å². The summed E-state index contributed by atoms with van der Waals surface area (Å²) in [6, 6.07) is 8.92. The van der Waals surface area contributed by atoms with E-state index in [9.17, 15) is 0 Å². The molecule has 3 nitrogen and oxygen atoms in total. The molecule has 0 N–H and O–H groups in total. The van der Waals surface area contributed by atoms with Gasteiger partial charge in [0.25, 0.3) is 0 Å². The molecule has 1 unspecified atom stereocenters. The van der Waals surface area contributed by atoms with E-state index in [1.165, 1.54) is 12.1 Å². The molecular formula is C16H25N3S. The van der Waals surface area contributed by atoms with Gasteiger partial charge in [0.2, 0.25) is 0 Å². The number of thiocarbonyl (C=S) groups is 1. The van der Waals surface area contributed by atoms with Gasteiger partial charge < -0.3 is 4.90 Å². The Bertz CT molecular complexity index is 443. The van der Waals surface area contributed by atoms with E-state index in [4.69, 9.17) is 0 Å². The lowest BCUT2D eigenvalue weighted by molar-refractivity contribution is 0.193. The Morgan fingerprint density at radius 2 is 1.80 bits per heavy atom. The van der Waals surface area contributed by atoms with Crippen LogP contribution in [0.25, 0.3) is 0 Å². The van der Waals surface area contributed by atoms with Crippen molar-refractivity contribution in [1.82, 2.24) is 4.90 Å². The van der Waals surface area contributed by atoms with Gasteiger partial charge in [-0.05, 0) is 49.8 Å². The summed E-state index contributed by atoms with van der Waals surface area (Å²) in [6.07, 6.45) is 1.23. The van der Waals surface area contributed by atoms with E-state index in [0.29, 0.717) is 6.04 Å². The number of hydrogen-bond acceptors (Lipinski definition) is 4. The maximum Gasteiger partial charge on any atom is 0.0741 e. The molecule has 0 saturated carbocycles. The van der Waals surface area contributed by atoms with Crippen LogP contribution in [0.5, 0.6) is 0 Å². The smallest absolute Gasteiger partial charge is 0.0741 e. The molecule has 1 fully saturated rings. The Balaban J connectivity index is 0.00000200. The standard InChI is InChI=1S/C15H21N3S.CH4/c1-3-13(2)17-8-10-18(11-9-17)15-6-4-14(5-7-15)16-12-19;/h4-7,13H,3,8-11H2,1-2H3;1H4. The molecule has 1 aromatic rings. The fraction of sp³-hybridized carbons (Fsp3) is 0.562. The van der Waals surface area contributed by atoms with Crippen molar-refractivity contribution < 1.29 is 0 Å². The summed E-state index contributed by atoms with van der Waals surface area (Å²) in [6.45, 7) is 9.06. The Labute approximate surface area is 128 Å². The van der Waals surface area contributed by atoms with E-state index in [1.807, 2.05) is 12.1 Å². The van der Waals surface area contributed by atoms with Crippen molar-refractivity contribution in [2.24, 2.45) is 4.99 Å². The van der Waals surface area contributed by atoms with Gasteiger partial charge in [-0.15, -0.1) is 0 Å². The Morgan fingerprint density at radius 1 is 1.20 bits per heavy atom. The molecule has 0 aliphatic carbocycles. The van der Waals surface area contributed by atoms with Gasteiger partial charge in [-0.25, -0.2) is 0 Å². The zero-order chi connectivity index (χ0) is 13.7. The van der Waals surface area contributed by atoms with E-state index in [0.717, 1.165) is 31.9 Å². The van der Waals surface area contributed by atoms with Crippen molar-refractivity contribution >= 4 is 28.8 Å². The maximum absolute atomic E-state index is 4.61. The minimum atomic E-state index is 0. The molecule has 0 spiro atoms. The van der Waals surface area contributed by atoms with E-state index in [2.05, 4.69) is 58.2 Å². The summed E-state index contributed by atoms with van der Waals surface area (Å²) < 4.78 is 0. The van der Waals surface area contributed by atoms with Crippen LogP contribution in [0.15, 0.2) is 29.3 Å². The fourth-order valence-electron chi connectivity index (χ4n) is 2.47. The first-order chi connectivity index (χ1) is 9.24. The molecule has 1 aromatic carbocycles. The average Bonchev–Trinajstić information content (AvgIpc) is 2.48. The van der Waals surface area contributed by atoms with Crippen LogP contribution in [-0.4, -0.2) is 42.3 Å². The summed E-state index contributed by atoms with van der Waals surface area (Å²) in [4.78, 5) is 8.98. The predicted molar refractivity (Wildman–Crippen MR) is 91.4 cm³/mol. The van der Waals surface area contributed by atoms with Gasteiger partial charge in [-0.1, -0.05) is 14.4 Å². The molecule has 1 atom stereocenters. The van der Waals surface area contributed by atoms with Crippen molar-refractivity contribution in [3.8, 4) is 0 Å². The lowest BCUT2D eigenvalue weighted by Crippen LogP contribution is -2.49. The first kappa shape index (κ1) is 16.8. The molecule has 0 radical (unpaired) electrons. The number of piperazine rings is 1. The summed E-state index contributed by atoms with van der Waals surface area (Å²) >= 11 is 4.61. The summed E-state index contributed by atoms with van der Waals surface area (Å²) in [7, 11) is 0. The Morgan fingerprint density at radius 3 is 2.30 bits per heavy atom. The predicted octanol–water partition coefficient (Wildman–Crippen LogP) is 3.98. The molecule has 20 heavy (non-hydrogen) atoms. The molecule has 1 aliphatic heterocycles. The zero-order valence-electron chi connectivity index (χ0n) is 11.7. The SMILES string of the molecule is C.CCC(C)N1CCN(c2ccc(N=C=S)cc2)CC1. The van der Waals surface area contributed by atoms with Crippen LogP contribution in [0.4, 0.5) is 11.4 Å². The Kier molecular flexibility index (Phi) is 6.86. The highest BCUT2D eigenvalue weighted by molar-refractivity contribution is 7.78. The molecule has 0 aromatic heterocycles. The fourth-order valence-corrected chi connectivity index (χ4v) is 2.58. The van der Waals surface area contributed by atoms with Crippen LogP contribution in [0.1, 0.15) is 27.7 Å². The second-order valence-corrected chi connectivity index (χ2v) is 5.18. The number of hydrogen-bond donors (Lipinski definition) is 0. The van der Waals surface area contributed by atoms with Gasteiger partial charge in [0.15, 0.2) is 0 Å². The molecule has 2 rings (SSSR count). The van der Waals surface area contributed by atoms with Crippen LogP contribution >= 0.6 is 12.2 Å². The second-order valence-electron chi connectivity index (χ2n) is 5.00. The number of nitrogens with zero attached hydrogens (tertiary/aromatic N) is 3. The topological polar surface area (TPSA) is 18.8 Å². The van der Waals surface area contributed by atoms with E-state index in [1.54, 1.807) is 0 Å². The highest BCUT2D eigenvalue weighted by Crippen LogP contribution is 2.21. The van der Waals surface area contributed by atoms with Crippen molar-refractivity contribution in [3.63, 3.8) is 0 Å². The highest BCUT2D eigenvalue weighted by Gasteiger charge is 2.19. The largest absolute Gasteiger partial charge is 0.369 e. The van der Waals surface area contributed by atoms with E-state index >= 15 is 0 Å². The number of isothiocyanates is 1. The first-order valence-corrected chi connectivity index (χ1v) is 7.32. The van der Waals surface area contributed by atoms with Crippen molar-refractivity contribution in [2.75, 3.05) is 31.1 Å². The normalized spacial score (nSPS) is 17.0. The third-order valence-corrected chi connectivity index (χ3v) is 4.01. The van der Waals surface area contributed by atoms with Crippen LogP contribution in [-0.2, 0) is 0 Å². The molecule has 1 heterocycles. The highest BCUT2D eigenvalue weighted by atomic mass is 32.1. The van der Waals surface area contributed by atoms with E-state index in [-0.39, 0.29) is 7.43 Å². The summed E-state index contributed by atoms with van der Waals surface area (Å²) in [5.74, 6) is 0. The number of rotatable bonds is 4.